The number of benzene rings is 1. The number of hydrogen-bond acceptors (Lipinski definition) is 6. The van der Waals surface area contributed by atoms with Crippen LogP contribution in [0.25, 0.3) is 0 Å². The van der Waals surface area contributed by atoms with Crippen LogP contribution in [0.15, 0.2) is 29.2 Å². The van der Waals surface area contributed by atoms with Crippen LogP contribution in [0.2, 0.25) is 0 Å². The highest BCUT2D eigenvalue weighted by Crippen LogP contribution is 2.17. The first-order chi connectivity index (χ1) is 12.7. The number of amides is 3. The molecule has 0 saturated carbocycles. The second-order valence-electron chi connectivity index (χ2n) is 5.51. The molecule has 0 radical (unpaired) electrons. The summed E-state index contributed by atoms with van der Waals surface area (Å²) in [6.07, 6.45) is -1.23. The number of imide groups is 1. The van der Waals surface area contributed by atoms with Gasteiger partial charge in [-0.25, -0.2) is 18.0 Å². The second kappa shape index (κ2) is 10.0. The molecule has 10 heteroatoms. The van der Waals surface area contributed by atoms with Crippen molar-refractivity contribution in [1.29, 1.82) is 0 Å². The van der Waals surface area contributed by atoms with Gasteiger partial charge >= 0.3 is 12.0 Å². The van der Waals surface area contributed by atoms with Gasteiger partial charge in [0.25, 0.3) is 5.91 Å². The van der Waals surface area contributed by atoms with Crippen LogP contribution in [0, 0.1) is 0 Å². The molecule has 0 saturated heterocycles. The van der Waals surface area contributed by atoms with Crippen LogP contribution in [0.5, 0.6) is 0 Å². The van der Waals surface area contributed by atoms with E-state index in [0.717, 1.165) is 0 Å². The molecule has 2 N–H and O–H groups in total. The molecule has 27 heavy (non-hydrogen) atoms. The molecule has 0 aromatic heterocycles. The number of carbonyl (C=O) groups excluding carboxylic acids is 3. The van der Waals surface area contributed by atoms with Crippen molar-refractivity contribution in [3.8, 4) is 0 Å². The average Bonchev–Trinajstić information content (AvgIpc) is 2.62. The molecule has 1 unspecified atom stereocenters. The fourth-order valence-corrected chi connectivity index (χ4v) is 3.70. The normalized spacial score (nSPS) is 12.3. The van der Waals surface area contributed by atoms with E-state index in [1.165, 1.54) is 35.5 Å². The Kier molecular flexibility index (Phi) is 8.38. The fraction of sp³-hybridized carbons (Fsp3) is 0.471. The molecule has 0 spiro atoms. The van der Waals surface area contributed by atoms with Gasteiger partial charge in [-0.05, 0) is 32.0 Å². The number of rotatable bonds is 8. The van der Waals surface area contributed by atoms with Gasteiger partial charge in [-0.3, -0.25) is 10.1 Å². The molecule has 0 bridgehead atoms. The minimum atomic E-state index is -3.73. The largest absolute Gasteiger partial charge is 0.449 e. The third-order valence-electron chi connectivity index (χ3n) is 3.64. The van der Waals surface area contributed by atoms with Gasteiger partial charge in [-0.1, -0.05) is 19.9 Å². The quantitative estimate of drug-likeness (QED) is 0.632. The minimum Gasteiger partial charge on any atom is -0.449 e. The van der Waals surface area contributed by atoms with Gasteiger partial charge in [-0.15, -0.1) is 0 Å². The van der Waals surface area contributed by atoms with E-state index in [2.05, 4.69) is 5.32 Å². The lowest BCUT2D eigenvalue weighted by atomic mass is 10.2. The van der Waals surface area contributed by atoms with Gasteiger partial charge in [0.15, 0.2) is 6.10 Å². The molecule has 0 fully saturated rings. The number of esters is 1. The molecule has 1 rings (SSSR count). The Hall–Kier alpha value is -2.46. The van der Waals surface area contributed by atoms with E-state index in [4.69, 9.17) is 4.74 Å². The number of nitrogens with one attached hydrogen (secondary N) is 2. The van der Waals surface area contributed by atoms with Crippen LogP contribution >= 0.6 is 0 Å². The molecule has 0 heterocycles. The maximum absolute atomic E-state index is 12.5. The standard InChI is InChI=1S/C17H25N3O6S/c1-5-18-17(23)19-15(21)12(4)26-16(22)13-9-8-10-14(11-13)27(24,25)20(6-2)7-3/h8-12H,5-7H2,1-4H3,(H2,18,19,21,23). The molecule has 1 atom stereocenters. The van der Waals surface area contributed by atoms with E-state index >= 15 is 0 Å². The van der Waals surface area contributed by atoms with E-state index in [1.807, 2.05) is 5.32 Å². The molecule has 1 aromatic rings. The van der Waals surface area contributed by atoms with E-state index in [9.17, 15) is 22.8 Å². The Morgan fingerprint density at radius 2 is 1.78 bits per heavy atom. The Morgan fingerprint density at radius 3 is 2.33 bits per heavy atom. The molecule has 9 nitrogen and oxygen atoms in total. The highest BCUT2D eigenvalue weighted by atomic mass is 32.2. The Labute approximate surface area is 159 Å². The lowest BCUT2D eigenvalue weighted by molar-refractivity contribution is -0.127. The molecule has 0 aliphatic carbocycles. The van der Waals surface area contributed by atoms with E-state index in [0.29, 0.717) is 19.6 Å². The average molecular weight is 399 g/mol. The third kappa shape index (κ3) is 6.04. The van der Waals surface area contributed by atoms with Crippen LogP contribution in [-0.4, -0.2) is 56.4 Å². The number of hydrogen-bond donors (Lipinski definition) is 2. The summed E-state index contributed by atoms with van der Waals surface area (Å²) in [4.78, 5) is 35.4. The highest BCUT2D eigenvalue weighted by Gasteiger charge is 2.24. The van der Waals surface area contributed by atoms with Gasteiger partial charge in [0.1, 0.15) is 0 Å². The summed E-state index contributed by atoms with van der Waals surface area (Å²) in [5.74, 6) is -1.66. The van der Waals surface area contributed by atoms with Gasteiger partial charge in [0.05, 0.1) is 10.5 Å². The molecular weight excluding hydrogens is 374 g/mol. The summed E-state index contributed by atoms with van der Waals surface area (Å²) >= 11 is 0. The SMILES string of the molecule is CCNC(=O)NC(=O)C(C)OC(=O)c1cccc(S(=O)(=O)N(CC)CC)c1. The summed E-state index contributed by atoms with van der Waals surface area (Å²) in [5.41, 5.74) is -0.0131. The molecule has 150 valence electrons. The van der Waals surface area contributed by atoms with Crippen LogP contribution in [0.1, 0.15) is 38.1 Å². The molecule has 0 aliphatic heterocycles. The number of nitrogens with zero attached hydrogens (tertiary/aromatic N) is 1. The van der Waals surface area contributed by atoms with Gasteiger partial charge in [-0.2, -0.15) is 4.31 Å². The van der Waals surface area contributed by atoms with Crippen molar-refractivity contribution in [2.24, 2.45) is 0 Å². The Morgan fingerprint density at radius 1 is 1.15 bits per heavy atom. The highest BCUT2D eigenvalue weighted by molar-refractivity contribution is 7.89. The number of carbonyl (C=O) groups is 3. The maximum atomic E-state index is 12.5. The first-order valence-corrected chi connectivity index (χ1v) is 10.0. The monoisotopic (exact) mass is 399 g/mol. The zero-order valence-electron chi connectivity index (χ0n) is 15.8. The van der Waals surface area contributed by atoms with Crippen molar-refractivity contribution >= 4 is 27.9 Å². The third-order valence-corrected chi connectivity index (χ3v) is 5.69. The van der Waals surface area contributed by atoms with E-state index in [1.54, 1.807) is 20.8 Å². The maximum Gasteiger partial charge on any atom is 0.338 e. The predicted molar refractivity (Wildman–Crippen MR) is 98.6 cm³/mol. The zero-order chi connectivity index (χ0) is 20.6. The van der Waals surface area contributed by atoms with Crippen LogP contribution in [0.4, 0.5) is 4.79 Å². The Balaban J connectivity index is 2.91. The van der Waals surface area contributed by atoms with Crippen molar-refractivity contribution in [3.05, 3.63) is 29.8 Å². The molecule has 1 aromatic carbocycles. The summed E-state index contributed by atoms with van der Waals surface area (Å²) in [6.45, 7) is 7.36. The van der Waals surface area contributed by atoms with Crippen molar-refractivity contribution in [2.45, 2.75) is 38.7 Å². The van der Waals surface area contributed by atoms with Crippen molar-refractivity contribution in [2.75, 3.05) is 19.6 Å². The zero-order valence-corrected chi connectivity index (χ0v) is 16.6. The van der Waals surface area contributed by atoms with E-state index in [-0.39, 0.29) is 10.5 Å². The van der Waals surface area contributed by atoms with Crippen molar-refractivity contribution in [3.63, 3.8) is 0 Å². The first kappa shape index (κ1) is 22.6. The number of sulfonamides is 1. The summed E-state index contributed by atoms with van der Waals surface area (Å²) in [5, 5.41) is 4.41. The second-order valence-corrected chi connectivity index (χ2v) is 7.45. The number of urea groups is 1. The van der Waals surface area contributed by atoms with Crippen molar-refractivity contribution in [1.82, 2.24) is 14.9 Å². The van der Waals surface area contributed by atoms with Gasteiger partial charge in [0, 0.05) is 19.6 Å². The molecular formula is C17H25N3O6S. The molecule has 3 amide bonds. The summed E-state index contributed by atoms with van der Waals surface area (Å²) < 4.78 is 31.4. The minimum absolute atomic E-state index is 0.0131. The lowest BCUT2D eigenvalue weighted by Crippen LogP contribution is -2.44. The van der Waals surface area contributed by atoms with Gasteiger partial charge in [0.2, 0.25) is 10.0 Å². The summed E-state index contributed by atoms with van der Waals surface area (Å²) in [7, 11) is -3.73. The lowest BCUT2D eigenvalue weighted by Gasteiger charge is -2.19. The smallest absolute Gasteiger partial charge is 0.338 e. The Bertz CT molecular complexity index is 790. The first-order valence-electron chi connectivity index (χ1n) is 8.57. The van der Waals surface area contributed by atoms with Crippen LogP contribution in [-0.2, 0) is 19.6 Å². The van der Waals surface area contributed by atoms with E-state index < -0.39 is 34.0 Å². The van der Waals surface area contributed by atoms with Crippen molar-refractivity contribution < 1.29 is 27.5 Å². The van der Waals surface area contributed by atoms with Gasteiger partial charge < -0.3 is 10.1 Å². The number of ether oxygens (including phenoxy) is 1. The topological polar surface area (TPSA) is 122 Å². The molecule has 0 aliphatic rings. The van der Waals surface area contributed by atoms with Crippen LogP contribution < -0.4 is 10.6 Å². The van der Waals surface area contributed by atoms with Crippen LogP contribution in [0.3, 0.4) is 0 Å². The fourth-order valence-electron chi connectivity index (χ4n) is 2.20. The predicted octanol–water partition coefficient (Wildman–Crippen LogP) is 1.11. The summed E-state index contributed by atoms with van der Waals surface area (Å²) in [6, 6.07) is 4.70.